The minimum absolute atomic E-state index is 0.668. The second kappa shape index (κ2) is 3.56. The van der Waals surface area contributed by atoms with Gasteiger partial charge >= 0.3 is 5.97 Å². The predicted molar refractivity (Wildman–Crippen MR) is 43.1 cm³/mol. The molecule has 0 atom stereocenters. The fourth-order valence-electron chi connectivity index (χ4n) is 0.728. The van der Waals surface area contributed by atoms with Crippen LogP contribution < -0.4 is 0 Å². The Bertz CT molecular complexity index is 280. The summed E-state index contributed by atoms with van der Waals surface area (Å²) in [5.41, 5.74) is 0.905. The van der Waals surface area contributed by atoms with E-state index in [1.54, 1.807) is 6.08 Å². The molecule has 0 fully saturated rings. The van der Waals surface area contributed by atoms with Crippen molar-refractivity contribution in [2.75, 3.05) is 0 Å². The maximum atomic E-state index is 10.5. The molecule has 2 heteroatoms. The first-order valence-corrected chi connectivity index (χ1v) is 3.23. The Morgan fingerprint density at radius 3 is 2.82 bits per heavy atom. The van der Waals surface area contributed by atoms with Gasteiger partial charge in [0.1, 0.15) is 0 Å². The van der Waals surface area contributed by atoms with E-state index in [2.05, 4.69) is 5.11 Å². The van der Waals surface area contributed by atoms with Crippen LogP contribution in [0, 0.1) is 0 Å². The summed E-state index contributed by atoms with van der Waals surface area (Å²) in [6.07, 6.45) is 2.80. The lowest BCUT2D eigenvalue weighted by Crippen LogP contribution is -1.85. The van der Waals surface area contributed by atoms with Crippen molar-refractivity contribution in [3.05, 3.63) is 42.0 Å². The van der Waals surface area contributed by atoms with Gasteiger partial charge in [0.25, 0.3) is 1.43 Å². The number of aliphatic carboxylic acids is 1. The van der Waals surface area contributed by atoms with Crippen molar-refractivity contribution in [2.24, 2.45) is 0 Å². The summed E-state index contributed by atoms with van der Waals surface area (Å²) in [6.45, 7) is 0. The number of carboxylic acids is 1. The van der Waals surface area contributed by atoms with Crippen LogP contribution in [0.4, 0.5) is 0 Å². The van der Waals surface area contributed by atoms with Crippen molar-refractivity contribution in [3.8, 4) is 0 Å². The fourth-order valence-corrected chi connectivity index (χ4v) is 0.728. The van der Waals surface area contributed by atoms with E-state index in [-0.39, 0.29) is 0 Å². The minimum Gasteiger partial charge on any atom is -0.478 e. The Hall–Kier alpha value is -1.57. The van der Waals surface area contributed by atoms with Gasteiger partial charge in [-0.25, -0.2) is 4.79 Å². The quantitative estimate of drug-likeness (QED) is 0.651. The van der Waals surface area contributed by atoms with Crippen molar-refractivity contribution in [2.45, 2.75) is 0 Å². The van der Waals surface area contributed by atoms with Gasteiger partial charge in [0.05, 0.1) is 0 Å². The Balaban J connectivity index is 2.64. The molecule has 2 nitrogen and oxygen atoms in total. The Labute approximate surface area is 66.3 Å². The lowest BCUT2D eigenvalue weighted by molar-refractivity contribution is -0.131. The molecule has 0 aromatic heterocycles. The molecule has 1 aromatic carbocycles. The van der Waals surface area contributed by atoms with Gasteiger partial charge in [-0.3, -0.25) is 0 Å². The van der Waals surface area contributed by atoms with Crippen molar-refractivity contribution in [1.29, 1.82) is 1.43 Å². The van der Waals surface area contributed by atoms with E-state index in [9.17, 15) is 4.79 Å². The van der Waals surface area contributed by atoms with Crippen LogP contribution in [0.3, 0.4) is 0 Å². The molecule has 1 rings (SSSR count). The largest absolute Gasteiger partial charge is 0.478 e. The summed E-state index contributed by atoms with van der Waals surface area (Å²) in [6, 6.07) is 9.33. The average Bonchev–Trinajstić information content (AvgIpc) is 2.16. The molecule has 0 radical (unpaired) electrons. The summed E-state index contributed by atoms with van der Waals surface area (Å²) in [5.74, 6) is -0.668. The summed E-state index contributed by atoms with van der Waals surface area (Å²) >= 11 is 0. The van der Waals surface area contributed by atoms with E-state index in [1.165, 1.54) is 6.08 Å². The molecule has 1 aromatic rings. The zero-order valence-corrected chi connectivity index (χ0v) is 5.86. The van der Waals surface area contributed by atoms with E-state index in [1.807, 2.05) is 30.3 Å². The topological polar surface area (TPSA) is 37.3 Å². The first kappa shape index (κ1) is 6.16. The third-order valence-electron chi connectivity index (χ3n) is 1.21. The van der Waals surface area contributed by atoms with Gasteiger partial charge in [0.2, 0.25) is 0 Å². The number of carboxylic acid groups (broad SMARTS) is 1. The van der Waals surface area contributed by atoms with Crippen LogP contribution in [-0.2, 0) is 4.79 Å². The van der Waals surface area contributed by atoms with Gasteiger partial charge in [-0.15, -0.1) is 0 Å². The molecule has 0 heterocycles. The van der Waals surface area contributed by atoms with Crippen LogP contribution in [0.25, 0.3) is 7.51 Å². The van der Waals surface area contributed by atoms with Crippen LogP contribution in [-0.4, -0.2) is 11.1 Å². The second-order valence-corrected chi connectivity index (χ2v) is 2.06. The monoisotopic (exact) mass is 149 g/mol. The van der Waals surface area contributed by atoms with Crippen LogP contribution in [0.5, 0.6) is 0 Å². The number of carbonyl (C=O) groups is 1. The van der Waals surface area contributed by atoms with Crippen LogP contribution in [0.15, 0.2) is 36.4 Å². The van der Waals surface area contributed by atoms with Crippen LogP contribution >= 0.6 is 0 Å². The summed E-state index contributed by atoms with van der Waals surface area (Å²) < 4.78 is 6.27. The molecule has 11 heavy (non-hydrogen) atoms. The smallest absolute Gasteiger partial charge is 0.328 e. The molecule has 56 valence electrons. The highest BCUT2D eigenvalue weighted by Gasteiger charge is 1.85. The van der Waals surface area contributed by atoms with Crippen LogP contribution in [0.2, 0.25) is 0 Å². The number of hydrogen-bond acceptors (Lipinski definition) is 2. The first-order valence-electron chi connectivity index (χ1n) is 3.64. The molecule has 0 bridgehead atoms. The highest BCUT2D eigenvalue weighted by atomic mass is 16.4. The highest BCUT2D eigenvalue weighted by molar-refractivity contribution is 5.85. The van der Waals surface area contributed by atoms with Gasteiger partial charge in [0.15, 0.2) is 0 Å². The van der Waals surface area contributed by atoms with Gasteiger partial charge in [-0.1, -0.05) is 30.3 Å². The molecule has 0 aliphatic heterocycles. The van der Waals surface area contributed by atoms with E-state index in [0.29, 0.717) is 0 Å². The van der Waals surface area contributed by atoms with Gasteiger partial charge in [-0.05, 0) is 11.6 Å². The third kappa shape index (κ3) is 2.67. The standard InChI is InChI=1S/C9H8O2/c10-9(11)7-6-8-4-2-1-3-5-8/h1-7H,(H,10,11)/i/hD. The van der Waals surface area contributed by atoms with Crippen molar-refractivity contribution >= 4 is 12.0 Å². The summed E-state index contributed by atoms with van der Waals surface area (Å²) in [4.78, 5) is 10.5. The van der Waals surface area contributed by atoms with Crippen LogP contribution in [0.1, 0.15) is 5.56 Å². The maximum Gasteiger partial charge on any atom is 0.328 e. The molecular formula is C9H8O2. The first-order chi connectivity index (χ1) is 5.83. The minimum atomic E-state index is -0.668. The SMILES string of the molecule is [2H]OC(=O)C=Cc1ccccc1. The molecule has 0 saturated heterocycles. The molecular weight excluding hydrogens is 140 g/mol. The van der Waals surface area contributed by atoms with E-state index < -0.39 is 5.97 Å². The Morgan fingerprint density at radius 1 is 1.45 bits per heavy atom. The average molecular weight is 149 g/mol. The zero-order chi connectivity index (χ0) is 8.81. The number of hydrogen-bond donors (Lipinski definition) is 1. The van der Waals surface area contributed by atoms with Crippen molar-refractivity contribution < 1.29 is 9.90 Å². The summed E-state index contributed by atoms with van der Waals surface area (Å²) in [7, 11) is 0. The molecule has 1 N–H and O–H groups in total. The predicted octanol–water partition coefficient (Wildman–Crippen LogP) is 1.78. The lowest BCUT2D eigenvalue weighted by Gasteiger charge is -1.87. The fraction of sp³-hybridized carbons (Fsp3) is 0. The zero-order valence-electron chi connectivity index (χ0n) is 6.86. The highest BCUT2D eigenvalue weighted by Crippen LogP contribution is 1.99. The number of rotatable bonds is 2. The normalized spacial score (nSPS) is 11.1. The van der Waals surface area contributed by atoms with E-state index in [0.717, 1.165) is 5.56 Å². The molecule has 0 aliphatic carbocycles. The third-order valence-corrected chi connectivity index (χ3v) is 1.21. The molecule has 0 unspecified atom stereocenters. The number of benzene rings is 1. The van der Waals surface area contributed by atoms with Crippen molar-refractivity contribution in [3.63, 3.8) is 0 Å². The molecule has 0 aliphatic rings. The lowest BCUT2D eigenvalue weighted by atomic mass is 10.2. The molecule has 0 spiro atoms. The Kier molecular flexibility index (Phi) is 1.99. The van der Waals surface area contributed by atoms with E-state index in [4.69, 9.17) is 1.43 Å². The second-order valence-electron chi connectivity index (χ2n) is 2.06. The van der Waals surface area contributed by atoms with Gasteiger partial charge in [0, 0.05) is 6.08 Å². The molecule has 0 saturated carbocycles. The Morgan fingerprint density at radius 2 is 2.18 bits per heavy atom. The maximum absolute atomic E-state index is 10.5. The van der Waals surface area contributed by atoms with E-state index >= 15 is 0 Å². The van der Waals surface area contributed by atoms with Gasteiger partial charge in [-0.2, -0.15) is 0 Å². The van der Waals surface area contributed by atoms with Crippen molar-refractivity contribution in [1.82, 2.24) is 0 Å². The molecule has 0 amide bonds. The summed E-state index contributed by atoms with van der Waals surface area (Å²) in [5, 5.41) is 3.70. The van der Waals surface area contributed by atoms with Gasteiger partial charge < -0.3 is 5.11 Å².